The fourth-order valence-electron chi connectivity index (χ4n) is 1.91. The molecular weight excluding hydrogens is 214 g/mol. The maximum Gasteiger partial charge on any atom is 0.122 e. The molecule has 2 atom stereocenters. The molecule has 0 aromatic heterocycles. The van der Waals surface area contributed by atoms with E-state index in [1.165, 1.54) is 5.56 Å². The molecule has 0 aliphatic heterocycles. The summed E-state index contributed by atoms with van der Waals surface area (Å²) in [7, 11) is 1.68. The van der Waals surface area contributed by atoms with Gasteiger partial charge in [0.1, 0.15) is 5.75 Å². The summed E-state index contributed by atoms with van der Waals surface area (Å²) < 4.78 is 5.34. The van der Waals surface area contributed by atoms with Gasteiger partial charge >= 0.3 is 0 Å². The van der Waals surface area contributed by atoms with Crippen LogP contribution in [0.25, 0.3) is 0 Å². The van der Waals surface area contributed by atoms with E-state index in [-0.39, 0.29) is 12.5 Å². The number of hydrogen-bond donors (Lipinski definition) is 2. The zero-order valence-corrected chi connectivity index (χ0v) is 11.1. The Bertz CT molecular complexity index is 363. The van der Waals surface area contributed by atoms with E-state index >= 15 is 0 Å². The Labute approximate surface area is 104 Å². The first-order valence-electron chi connectivity index (χ1n) is 6.07. The summed E-state index contributed by atoms with van der Waals surface area (Å²) in [6, 6.07) is 6.06. The van der Waals surface area contributed by atoms with Crippen LogP contribution in [-0.4, -0.2) is 24.9 Å². The van der Waals surface area contributed by atoms with Crippen molar-refractivity contribution >= 4 is 0 Å². The lowest BCUT2D eigenvalue weighted by Gasteiger charge is -2.20. The highest BCUT2D eigenvalue weighted by Crippen LogP contribution is 2.30. The number of rotatable bonds is 5. The summed E-state index contributed by atoms with van der Waals surface area (Å²) in [6.45, 7) is 6.53. The number of benzene rings is 1. The summed E-state index contributed by atoms with van der Waals surface area (Å²) in [6.07, 6.45) is -0.497. The van der Waals surface area contributed by atoms with Crippen molar-refractivity contribution in [1.82, 2.24) is 0 Å². The van der Waals surface area contributed by atoms with Crippen molar-refractivity contribution in [1.29, 1.82) is 0 Å². The van der Waals surface area contributed by atoms with Gasteiger partial charge in [0.2, 0.25) is 0 Å². The molecule has 0 radical (unpaired) electrons. The quantitative estimate of drug-likeness (QED) is 0.825. The largest absolute Gasteiger partial charge is 0.496 e. The first kappa shape index (κ1) is 14.0. The molecule has 1 aromatic rings. The highest BCUT2D eigenvalue weighted by molar-refractivity contribution is 5.40. The minimum Gasteiger partial charge on any atom is -0.496 e. The van der Waals surface area contributed by atoms with Crippen LogP contribution in [0.1, 0.15) is 43.7 Å². The molecule has 3 N–H and O–H groups in total. The minimum atomic E-state index is -0.497. The molecule has 0 heterocycles. The van der Waals surface area contributed by atoms with E-state index in [2.05, 4.69) is 19.9 Å². The molecule has 1 rings (SSSR count). The van der Waals surface area contributed by atoms with Gasteiger partial charge in [-0.3, -0.25) is 0 Å². The number of hydrogen-bond acceptors (Lipinski definition) is 3. The van der Waals surface area contributed by atoms with Crippen LogP contribution in [0.4, 0.5) is 0 Å². The minimum absolute atomic E-state index is 0.0448. The van der Waals surface area contributed by atoms with Crippen LogP contribution < -0.4 is 10.5 Å². The van der Waals surface area contributed by atoms with E-state index in [4.69, 9.17) is 10.5 Å². The van der Waals surface area contributed by atoms with E-state index in [1.54, 1.807) is 7.11 Å². The number of methoxy groups -OCH3 is 1. The second kappa shape index (κ2) is 6.03. The first-order chi connectivity index (χ1) is 8.01. The molecule has 2 unspecified atom stereocenters. The highest BCUT2D eigenvalue weighted by atomic mass is 16.5. The van der Waals surface area contributed by atoms with Crippen LogP contribution in [0.15, 0.2) is 18.2 Å². The molecule has 0 aliphatic carbocycles. The van der Waals surface area contributed by atoms with Crippen LogP contribution in [-0.2, 0) is 0 Å². The maximum atomic E-state index is 9.78. The van der Waals surface area contributed by atoms with Gasteiger partial charge in [0.15, 0.2) is 0 Å². The monoisotopic (exact) mass is 237 g/mol. The molecule has 1 aromatic carbocycles. The number of aliphatic hydroxyl groups is 1. The molecule has 0 amide bonds. The second-order valence-corrected chi connectivity index (χ2v) is 4.75. The normalized spacial score (nSPS) is 14.8. The molecule has 0 saturated carbocycles. The molecule has 0 spiro atoms. The van der Waals surface area contributed by atoms with Crippen molar-refractivity contribution in [2.75, 3.05) is 13.7 Å². The van der Waals surface area contributed by atoms with Crippen molar-refractivity contribution in [2.45, 2.75) is 38.7 Å². The molecule has 17 heavy (non-hydrogen) atoms. The predicted octanol–water partition coefficient (Wildman–Crippen LogP) is 2.24. The summed E-state index contributed by atoms with van der Waals surface area (Å²) in [5, 5.41) is 9.78. The zero-order chi connectivity index (χ0) is 13.0. The van der Waals surface area contributed by atoms with Crippen LogP contribution in [0, 0.1) is 0 Å². The lowest BCUT2D eigenvalue weighted by molar-refractivity contribution is 0.157. The van der Waals surface area contributed by atoms with Gasteiger partial charge in [-0.05, 0) is 23.1 Å². The van der Waals surface area contributed by atoms with Crippen LogP contribution in [0.3, 0.4) is 0 Å². The standard InChI is InChI=1S/C14H23NO2/c1-9(2)12-7-11(5-6-14(12)17-4)10(3)13(16)8-15/h5-7,9-10,13,16H,8,15H2,1-4H3. The van der Waals surface area contributed by atoms with Crippen molar-refractivity contribution < 1.29 is 9.84 Å². The lowest BCUT2D eigenvalue weighted by atomic mass is 9.91. The van der Waals surface area contributed by atoms with E-state index in [1.807, 2.05) is 19.1 Å². The molecule has 0 saturated heterocycles. The topological polar surface area (TPSA) is 55.5 Å². The van der Waals surface area contributed by atoms with Gasteiger partial charge in [-0.2, -0.15) is 0 Å². The van der Waals surface area contributed by atoms with E-state index in [9.17, 15) is 5.11 Å². The fourth-order valence-corrected chi connectivity index (χ4v) is 1.91. The Morgan fingerprint density at radius 3 is 2.41 bits per heavy atom. The molecule has 0 aliphatic rings. The van der Waals surface area contributed by atoms with E-state index < -0.39 is 6.10 Å². The third kappa shape index (κ3) is 3.20. The second-order valence-electron chi connectivity index (χ2n) is 4.75. The summed E-state index contributed by atoms with van der Waals surface area (Å²) in [4.78, 5) is 0. The smallest absolute Gasteiger partial charge is 0.122 e. The first-order valence-corrected chi connectivity index (χ1v) is 6.07. The molecule has 3 nitrogen and oxygen atoms in total. The summed E-state index contributed by atoms with van der Waals surface area (Å²) >= 11 is 0. The van der Waals surface area contributed by atoms with Crippen molar-refractivity contribution in [3.05, 3.63) is 29.3 Å². The fraction of sp³-hybridized carbons (Fsp3) is 0.571. The summed E-state index contributed by atoms with van der Waals surface area (Å²) in [5.41, 5.74) is 7.76. The highest BCUT2D eigenvalue weighted by Gasteiger charge is 2.17. The molecule has 0 bridgehead atoms. The third-order valence-electron chi connectivity index (χ3n) is 3.22. The average Bonchev–Trinajstić information content (AvgIpc) is 2.35. The lowest BCUT2D eigenvalue weighted by Crippen LogP contribution is -2.25. The molecule has 96 valence electrons. The van der Waals surface area contributed by atoms with Crippen molar-refractivity contribution in [3.8, 4) is 5.75 Å². The third-order valence-corrected chi connectivity index (χ3v) is 3.22. The molecule has 0 fully saturated rings. The maximum absolute atomic E-state index is 9.78. The summed E-state index contributed by atoms with van der Waals surface area (Å²) in [5.74, 6) is 1.34. The molecular formula is C14H23NO2. The Hall–Kier alpha value is -1.06. The van der Waals surface area contributed by atoms with E-state index in [0.29, 0.717) is 5.92 Å². The van der Waals surface area contributed by atoms with Crippen LogP contribution in [0.5, 0.6) is 5.75 Å². The molecule has 3 heteroatoms. The number of ether oxygens (including phenoxy) is 1. The Kier molecular flexibility index (Phi) is 4.97. The zero-order valence-electron chi connectivity index (χ0n) is 11.1. The average molecular weight is 237 g/mol. The van der Waals surface area contributed by atoms with E-state index in [0.717, 1.165) is 11.3 Å². The Morgan fingerprint density at radius 1 is 1.29 bits per heavy atom. The van der Waals surface area contributed by atoms with Gasteiger partial charge in [0.05, 0.1) is 13.2 Å². The van der Waals surface area contributed by atoms with Gasteiger partial charge in [0.25, 0.3) is 0 Å². The van der Waals surface area contributed by atoms with Gasteiger partial charge in [-0.15, -0.1) is 0 Å². The van der Waals surface area contributed by atoms with Gasteiger partial charge < -0.3 is 15.6 Å². The van der Waals surface area contributed by atoms with Crippen molar-refractivity contribution in [3.63, 3.8) is 0 Å². The Balaban J connectivity index is 3.07. The number of aliphatic hydroxyl groups excluding tert-OH is 1. The number of nitrogens with two attached hydrogens (primary N) is 1. The van der Waals surface area contributed by atoms with Gasteiger partial charge in [-0.1, -0.05) is 32.9 Å². The van der Waals surface area contributed by atoms with Crippen LogP contribution >= 0.6 is 0 Å². The predicted molar refractivity (Wildman–Crippen MR) is 70.6 cm³/mol. The van der Waals surface area contributed by atoms with Crippen LogP contribution in [0.2, 0.25) is 0 Å². The SMILES string of the molecule is COc1ccc(C(C)C(O)CN)cc1C(C)C. The Morgan fingerprint density at radius 2 is 1.94 bits per heavy atom. The van der Waals surface area contributed by atoms with Crippen molar-refractivity contribution in [2.24, 2.45) is 5.73 Å². The van der Waals surface area contributed by atoms with Gasteiger partial charge in [-0.25, -0.2) is 0 Å². The van der Waals surface area contributed by atoms with Gasteiger partial charge in [0, 0.05) is 12.5 Å².